The van der Waals surface area contributed by atoms with Crippen molar-refractivity contribution in [3.05, 3.63) is 17.0 Å². The van der Waals surface area contributed by atoms with Gasteiger partial charge in [-0.15, -0.1) is 0 Å². The molecule has 0 aliphatic heterocycles. The summed E-state index contributed by atoms with van der Waals surface area (Å²) in [6.07, 6.45) is 0.761. The van der Waals surface area contributed by atoms with Gasteiger partial charge in [-0.2, -0.15) is 5.10 Å². The highest BCUT2D eigenvalue weighted by molar-refractivity contribution is 5.79. The highest BCUT2D eigenvalue weighted by atomic mass is 16.5. The fourth-order valence-corrected chi connectivity index (χ4v) is 1.52. The molecule has 17 heavy (non-hydrogen) atoms. The summed E-state index contributed by atoms with van der Waals surface area (Å²) in [5.74, 6) is -0.148. The lowest BCUT2D eigenvalue weighted by molar-refractivity contribution is -0.122. The van der Waals surface area contributed by atoms with E-state index in [4.69, 9.17) is 4.74 Å². The topological polar surface area (TPSA) is 73.2 Å². The molecule has 1 heterocycles. The third-order valence-corrected chi connectivity index (χ3v) is 2.48. The standard InChI is InChI=1S/C11H17N3O3/c1-8-10(7-15)9(2)14(13-8)6-11(16)12-4-5-17-3/h7H,4-6H2,1-3H3,(H,12,16). The lowest BCUT2D eigenvalue weighted by Crippen LogP contribution is -2.31. The summed E-state index contributed by atoms with van der Waals surface area (Å²) >= 11 is 0. The number of aryl methyl sites for hydroxylation is 1. The van der Waals surface area contributed by atoms with E-state index in [1.54, 1.807) is 21.0 Å². The van der Waals surface area contributed by atoms with Gasteiger partial charge in [0.15, 0.2) is 6.29 Å². The normalized spacial score (nSPS) is 10.3. The molecule has 0 saturated carbocycles. The van der Waals surface area contributed by atoms with E-state index in [9.17, 15) is 9.59 Å². The number of nitrogens with zero attached hydrogens (tertiary/aromatic N) is 2. The number of methoxy groups -OCH3 is 1. The van der Waals surface area contributed by atoms with Crippen LogP contribution in [0.2, 0.25) is 0 Å². The van der Waals surface area contributed by atoms with Crippen LogP contribution >= 0.6 is 0 Å². The summed E-state index contributed by atoms with van der Waals surface area (Å²) in [4.78, 5) is 22.3. The molecular weight excluding hydrogens is 222 g/mol. The van der Waals surface area contributed by atoms with Gasteiger partial charge in [-0.05, 0) is 13.8 Å². The Kier molecular flexibility index (Phi) is 4.84. The Labute approximate surface area is 99.9 Å². The molecule has 0 spiro atoms. The fraction of sp³-hybridized carbons (Fsp3) is 0.545. The minimum absolute atomic E-state index is 0.115. The van der Waals surface area contributed by atoms with Crippen LogP contribution in [0.1, 0.15) is 21.7 Å². The van der Waals surface area contributed by atoms with Gasteiger partial charge in [0, 0.05) is 19.3 Å². The molecule has 0 aliphatic rings. The first kappa shape index (κ1) is 13.4. The average molecular weight is 239 g/mol. The van der Waals surface area contributed by atoms with Gasteiger partial charge in [-0.3, -0.25) is 14.3 Å². The number of carbonyl (C=O) groups is 2. The Bertz CT molecular complexity index is 412. The van der Waals surface area contributed by atoms with Crippen molar-refractivity contribution in [3.8, 4) is 0 Å². The van der Waals surface area contributed by atoms with E-state index >= 15 is 0 Å². The van der Waals surface area contributed by atoms with Crippen molar-refractivity contribution in [1.29, 1.82) is 0 Å². The van der Waals surface area contributed by atoms with Crippen molar-refractivity contribution in [2.24, 2.45) is 0 Å². The summed E-state index contributed by atoms with van der Waals surface area (Å²) in [6.45, 7) is 4.57. The monoisotopic (exact) mass is 239 g/mol. The van der Waals surface area contributed by atoms with Gasteiger partial charge in [0.2, 0.25) is 5.91 Å². The minimum atomic E-state index is -0.148. The molecule has 0 saturated heterocycles. The molecule has 0 fully saturated rings. The molecule has 0 radical (unpaired) electrons. The molecule has 1 rings (SSSR count). The van der Waals surface area contributed by atoms with E-state index in [1.165, 1.54) is 4.68 Å². The zero-order valence-corrected chi connectivity index (χ0v) is 10.3. The molecule has 6 heteroatoms. The van der Waals surface area contributed by atoms with Crippen molar-refractivity contribution in [2.45, 2.75) is 20.4 Å². The smallest absolute Gasteiger partial charge is 0.241 e. The summed E-state index contributed by atoms with van der Waals surface area (Å²) in [6, 6.07) is 0. The van der Waals surface area contributed by atoms with Crippen LogP contribution < -0.4 is 5.32 Å². The molecule has 0 atom stereocenters. The zero-order chi connectivity index (χ0) is 12.8. The third-order valence-electron chi connectivity index (χ3n) is 2.48. The number of carbonyl (C=O) groups excluding carboxylic acids is 2. The lowest BCUT2D eigenvalue weighted by atomic mass is 10.2. The third kappa shape index (κ3) is 3.39. The maximum absolute atomic E-state index is 11.5. The molecule has 94 valence electrons. The number of aldehydes is 1. The number of rotatable bonds is 6. The van der Waals surface area contributed by atoms with Crippen molar-refractivity contribution in [2.75, 3.05) is 20.3 Å². The van der Waals surface area contributed by atoms with Gasteiger partial charge in [0.25, 0.3) is 0 Å². The van der Waals surface area contributed by atoms with Crippen molar-refractivity contribution in [3.63, 3.8) is 0 Å². The molecular formula is C11H17N3O3. The molecule has 1 N–H and O–H groups in total. The summed E-state index contributed by atoms with van der Waals surface area (Å²) in [5, 5.41) is 6.84. The lowest BCUT2D eigenvalue weighted by Gasteiger charge is -2.06. The van der Waals surface area contributed by atoms with Crippen molar-refractivity contribution >= 4 is 12.2 Å². The Hall–Kier alpha value is -1.69. The molecule has 6 nitrogen and oxygen atoms in total. The van der Waals surface area contributed by atoms with Gasteiger partial charge in [-0.25, -0.2) is 0 Å². The maximum Gasteiger partial charge on any atom is 0.241 e. The Morgan fingerprint density at radius 2 is 2.24 bits per heavy atom. The highest BCUT2D eigenvalue weighted by Gasteiger charge is 2.12. The summed E-state index contributed by atoms with van der Waals surface area (Å²) in [5.41, 5.74) is 1.90. The molecule has 0 aromatic carbocycles. The van der Waals surface area contributed by atoms with Crippen LogP contribution in [-0.2, 0) is 16.1 Å². The minimum Gasteiger partial charge on any atom is -0.383 e. The van der Waals surface area contributed by atoms with Crippen LogP contribution in [0.25, 0.3) is 0 Å². The van der Waals surface area contributed by atoms with Crippen LogP contribution in [-0.4, -0.2) is 42.2 Å². The second-order valence-corrected chi connectivity index (χ2v) is 3.70. The first-order valence-corrected chi connectivity index (χ1v) is 5.35. The van der Waals surface area contributed by atoms with Crippen LogP contribution in [0, 0.1) is 13.8 Å². The van der Waals surface area contributed by atoms with Gasteiger partial charge in [-0.1, -0.05) is 0 Å². The number of hydrogen-bond acceptors (Lipinski definition) is 4. The second-order valence-electron chi connectivity index (χ2n) is 3.70. The number of hydrogen-bond donors (Lipinski definition) is 1. The fourth-order valence-electron chi connectivity index (χ4n) is 1.52. The largest absolute Gasteiger partial charge is 0.383 e. The predicted molar refractivity (Wildman–Crippen MR) is 62.0 cm³/mol. The Balaban J connectivity index is 2.62. The number of nitrogens with one attached hydrogen (secondary N) is 1. The predicted octanol–water partition coefficient (Wildman–Crippen LogP) is 0.0750. The van der Waals surface area contributed by atoms with Crippen LogP contribution in [0.3, 0.4) is 0 Å². The van der Waals surface area contributed by atoms with E-state index in [1.807, 2.05) is 0 Å². The van der Waals surface area contributed by atoms with Gasteiger partial charge < -0.3 is 10.1 Å². The van der Waals surface area contributed by atoms with Gasteiger partial charge >= 0.3 is 0 Å². The van der Waals surface area contributed by atoms with E-state index in [-0.39, 0.29) is 12.5 Å². The van der Waals surface area contributed by atoms with Crippen LogP contribution in [0.4, 0.5) is 0 Å². The van der Waals surface area contributed by atoms with Crippen LogP contribution in [0.5, 0.6) is 0 Å². The second kappa shape index (κ2) is 6.15. The first-order valence-electron chi connectivity index (χ1n) is 5.35. The van der Waals surface area contributed by atoms with Crippen molar-refractivity contribution in [1.82, 2.24) is 15.1 Å². The average Bonchev–Trinajstić information content (AvgIpc) is 2.54. The summed E-state index contributed by atoms with van der Waals surface area (Å²) in [7, 11) is 1.57. The molecule has 1 aromatic heterocycles. The van der Waals surface area contributed by atoms with Crippen LogP contribution in [0.15, 0.2) is 0 Å². The van der Waals surface area contributed by atoms with Gasteiger partial charge in [0.1, 0.15) is 6.54 Å². The van der Waals surface area contributed by atoms with Gasteiger partial charge in [0.05, 0.1) is 17.9 Å². The SMILES string of the molecule is COCCNC(=O)Cn1nc(C)c(C=O)c1C. The van der Waals surface area contributed by atoms with E-state index in [2.05, 4.69) is 10.4 Å². The van der Waals surface area contributed by atoms with E-state index < -0.39 is 0 Å². The molecule has 0 unspecified atom stereocenters. The molecule has 0 aliphatic carbocycles. The molecule has 1 aromatic rings. The zero-order valence-electron chi connectivity index (χ0n) is 10.3. The molecule has 1 amide bonds. The van der Waals surface area contributed by atoms with E-state index in [0.717, 1.165) is 6.29 Å². The number of amides is 1. The first-order chi connectivity index (χ1) is 8.10. The Morgan fingerprint density at radius 1 is 1.53 bits per heavy atom. The van der Waals surface area contributed by atoms with E-state index in [0.29, 0.717) is 30.1 Å². The quantitative estimate of drug-likeness (QED) is 0.563. The summed E-state index contributed by atoms with van der Waals surface area (Å²) < 4.78 is 6.35. The molecule has 0 bridgehead atoms. The van der Waals surface area contributed by atoms with Crippen molar-refractivity contribution < 1.29 is 14.3 Å². The highest BCUT2D eigenvalue weighted by Crippen LogP contribution is 2.09. The number of ether oxygens (including phenoxy) is 1. The number of aromatic nitrogens is 2. The maximum atomic E-state index is 11.5. The Morgan fingerprint density at radius 3 is 2.76 bits per heavy atom.